The van der Waals surface area contributed by atoms with Gasteiger partial charge in [0, 0.05) is 5.56 Å². The highest BCUT2D eigenvalue weighted by Crippen LogP contribution is 2.34. The number of para-hydroxylation sites is 1. The van der Waals surface area contributed by atoms with Crippen LogP contribution in [0.3, 0.4) is 0 Å². The Morgan fingerprint density at radius 1 is 1.03 bits per heavy atom. The summed E-state index contributed by atoms with van der Waals surface area (Å²) in [5.74, 6) is 0.636. The molecule has 0 aliphatic heterocycles. The second kappa shape index (κ2) is 8.84. The standard InChI is InChI=1S/C23H21N3O3S/c1-28-18-11-6-10-16(22(18)29-2)23(27)25-20(15-8-4-3-5-9-15)17-14-24-26-21(17)19-12-7-13-30-19/h3-14,20H,1-2H3,(H,24,26)(H,25,27). The van der Waals surface area contributed by atoms with E-state index in [1.165, 1.54) is 7.11 Å². The zero-order chi connectivity index (χ0) is 20.9. The first-order valence-corrected chi connectivity index (χ1v) is 10.2. The minimum absolute atomic E-state index is 0.266. The fourth-order valence-electron chi connectivity index (χ4n) is 3.39. The maximum absolute atomic E-state index is 13.3. The van der Waals surface area contributed by atoms with E-state index in [1.807, 2.05) is 47.8 Å². The number of hydrogen-bond acceptors (Lipinski definition) is 5. The molecule has 0 saturated heterocycles. The van der Waals surface area contributed by atoms with Crippen molar-refractivity contribution in [1.29, 1.82) is 0 Å². The Balaban J connectivity index is 1.75. The van der Waals surface area contributed by atoms with Crippen LogP contribution in [0, 0.1) is 0 Å². The summed E-state index contributed by atoms with van der Waals surface area (Å²) >= 11 is 1.61. The number of aromatic amines is 1. The largest absolute Gasteiger partial charge is 0.493 e. The summed E-state index contributed by atoms with van der Waals surface area (Å²) in [6.07, 6.45) is 1.76. The summed E-state index contributed by atoms with van der Waals surface area (Å²) in [5.41, 5.74) is 3.13. The fraction of sp³-hybridized carbons (Fsp3) is 0.130. The Labute approximate surface area is 178 Å². The van der Waals surface area contributed by atoms with Gasteiger partial charge in [-0.05, 0) is 29.1 Å². The molecule has 2 aromatic heterocycles. The van der Waals surface area contributed by atoms with Crippen LogP contribution in [0.4, 0.5) is 0 Å². The lowest BCUT2D eigenvalue weighted by Gasteiger charge is -2.21. The van der Waals surface area contributed by atoms with Gasteiger partial charge in [0.15, 0.2) is 11.5 Å². The smallest absolute Gasteiger partial charge is 0.255 e. The van der Waals surface area contributed by atoms with E-state index < -0.39 is 6.04 Å². The van der Waals surface area contributed by atoms with E-state index in [-0.39, 0.29) is 5.91 Å². The van der Waals surface area contributed by atoms with Crippen LogP contribution < -0.4 is 14.8 Å². The molecule has 0 aliphatic carbocycles. The molecule has 152 valence electrons. The summed E-state index contributed by atoms with van der Waals surface area (Å²) in [6.45, 7) is 0. The van der Waals surface area contributed by atoms with Crippen molar-refractivity contribution in [1.82, 2.24) is 15.5 Å². The molecule has 2 N–H and O–H groups in total. The maximum atomic E-state index is 13.3. The molecule has 2 heterocycles. The van der Waals surface area contributed by atoms with Crippen molar-refractivity contribution in [3.63, 3.8) is 0 Å². The fourth-order valence-corrected chi connectivity index (χ4v) is 4.14. The molecule has 1 amide bonds. The van der Waals surface area contributed by atoms with Crippen LogP contribution in [-0.2, 0) is 0 Å². The molecular weight excluding hydrogens is 398 g/mol. The third kappa shape index (κ3) is 3.79. The van der Waals surface area contributed by atoms with Gasteiger partial charge in [-0.3, -0.25) is 9.89 Å². The number of rotatable bonds is 7. The van der Waals surface area contributed by atoms with Crippen molar-refractivity contribution < 1.29 is 14.3 Å². The first-order chi connectivity index (χ1) is 14.7. The number of nitrogens with one attached hydrogen (secondary N) is 2. The number of ether oxygens (including phenoxy) is 2. The van der Waals surface area contributed by atoms with Gasteiger partial charge in [-0.1, -0.05) is 42.5 Å². The molecule has 0 fully saturated rings. The molecule has 2 aromatic carbocycles. The SMILES string of the molecule is COc1cccc(C(=O)NC(c2ccccc2)c2cn[nH]c2-c2cccs2)c1OC. The van der Waals surface area contributed by atoms with E-state index >= 15 is 0 Å². The zero-order valence-corrected chi connectivity index (χ0v) is 17.4. The molecule has 1 unspecified atom stereocenters. The third-order valence-corrected chi connectivity index (χ3v) is 5.69. The number of H-pyrrole nitrogens is 1. The predicted octanol–water partition coefficient (Wildman–Crippen LogP) is 4.67. The molecule has 30 heavy (non-hydrogen) atoms. The van der Waals surface area contributed by atoms with Crippen molar-refractivity contribution in [2.24, 2.45) is 0 Å². The first kappa shape index (κ1) is 19.7. The minimum atomic E-state index is -0.398. The molecule has 4 aromatic rings. The lowest BCUT2D eigenvalue weighted by Crippen LogP contribution is -2.29. The number of thiophene rings is 1. The van der Waals surface area contributed by atoms with E-state index in [0.717, 1.165) is 21.7 Å². The summed E-state index contributed by atoms with van der Waals surface area (Å²) in [5, 5.41) is 12.5. The van der Waals surface area contributed by atoms with Gasteiger partial charge in [0.2, 0.25) is 0 Å². The van der Waals surface area contributed by atoms with E-state index in [2.05, 4.69) is 15.5 Å². The lowest BCUT2D eigenvalue weighted by atomic mass is 9.98. The van der Waals surface area contributed by atoms with Crippen LogP contribution in [0.1, 0.15) is 27.5 Å². The van der Waals surface area contributed by atoms with Crippen LogP contribution in [0.15, 0.2) is 72.2 Å². The van der Waals surface area contributed by atoms with Gasteiger partial charge in [-0.15, -0.1) is 11.3 Å². The summed E-state index contributed by atoms with van der Waals surface area (Å²) < 4.78 is 10.8. The van der Waals surface area contributed by atoms with Crippen molar-refractivity contribution in [3.8, 4) is 22.1 Å². The van der Waals surface area contributed by atoms with E-state index in [1.54, 1.807) is 42.8 Å². The number of amides is 1. The van der Waals surface area contributed by atoms with Gasteiger partial charge in [-0.25, -0.2) is 0 Å². The molecule has 0 spiro atoms. The van der Waals surface area contributed by atoms with Crippen LogP contribution >= 0.6 is 11.3 Å². The zero-order valence-electron chi connectivity index (χ0n) is 16.6. The topological polar surface area (TPSA) is 76.2 Å². The highest BCUT2D eigenvalue weighted by molar-refractivity contribution is 7.13. The highest BCUT2D eigenvalue weighted by atomic mass is 32.1. The summed E-state index contributed by atoms with van der Waals surface area (Å²) in [7, 11) is 3.07. The van der Waals surface area contributed by atoms with Crippen molar-refractivity contribution >= 4 is 17.2 Å². The summed E-state index contributed by atoms with van der Waals surface area (Å²) in [6, 6.07) is 18.7. The van der Waals surface area contributed by atoms with Gasteiger partial charge in [-0.2, -0.15) is 5.10 Å². The Morgan fingerprint density at radius 3 is 2.57 bits per heavy atom. The van der Waals surface area contributed by atoms with Gasteiger partial charge in [0.25, 0.3) is 5.91 Å². The van der Waals surface area contributed by atoms with Crippen LogP contribution in [-0.4, -0.2) is 30.3 Å². The lowest BCUT2D eigenvalue weighted by molar-refractivity contribution is 0.0939. The van der Waals surface area contributed by atoms with Crippen molar-refractivity contribution in [2.75, 3.05) is 14.2 Å². The molecular formula is C23H21N3O3S. The highest BCUT2D eigenvalue weighted by Gasteiger charge is 2.25. The monoisotopic (exact) mass is 419 g/mol. The molecule has 0 bridgehead atoms. The average molecular weight is 420 g/mol. The van der Waals surface area contributed by atoms with Gasteiger partial charge in [0.1, 0.15) is 0 Å². The van der Waals surface area contributed by atoms with Crippen molar-refractivity contribution in [2.45, 2.75) is 6.04 Å². The predicted molar refractivity (Wildman–Crippen MR) is 117 cm³/mol. The first-order valence-electron chi connectivity index (χ1n) is 9.37. The van der Waals surface area contributed by atoms with Gasteiger partial charge < -0.3 is 14.8 Å². The van der Waals surface area contributed by atoms with Gasteiger partial charge >= 0.3 is 0 Å². The molecule has 4 rings (SSSR count). The molecule has 0 radical (unpaired) electrons. The maximum Gasteiger partial charge on any atom is 0.255 e. The summed E-state index contributed by atoms with van der Waals surface area (Å²) in [4.78, 5) is 14.3. The minimum Gasteiger partial charge on any atom is -0.493 e. The average Bonchev–Trinajstić information content (AvgIpc) is 3.49. The molecule has 1 atom stereocenters. The number of nitrogens with zero attached hydrogens (tertiary/aromatic N) is 1. The van der Waals surface area contributed by atoms with E-state index in [9.17, 15) is 4.79 Å². The number of carbonyl (C=O) groups excluding carboxylic acids is 1. The Hall–Kier alpha value is -3.58. The number of methoxy groups -OCH3 is 2. The van der Waals surface area contributed by atoms with Crippen LogP contribution in [0.2, 0.25) is 0 Å². The van der Waals surface area contributed by atoms with E-state index in [0.29, 0.717) is 17.1 Å². The molecule has 0 aliphatic rings. The number of hydrogen-bond donors (Lipinski definition) is 2. The Kier molecular flexibility index (Phi) is 5.81. The molecule has 0 saturated carbocycles. The molecule has 6 nitrogen and oxygen atoms in total. The Bertz CT molecular complexity index is 1120. The van der Waals surface area contributed by atoms with Crippen LogP contribution in [0.5, 0.6) is 11.5 Å². The van der Waals surface area contributed by atoms with Crippen molar-refractivity contribution in [3.05, 3.63) is 88.9 Å². The number of carbonyl (C=O) groups is 1. The third-order valence-electron chi connectivity index (χ3n) is 4.80. The second-order valence-corrected chi connectivity index (χ2v) is 7.48. The van der Waals surface area contributed by atoms with Gasteiger partial charge in [0.05, 0.1) is 42.6 Å². The molecule has 7 heteroatoms. The Morgan fingerprint density at radius 2 is 1.87 bits per heavy atom. The number of aromatic nitrogens is 2. The normalized spacial score (nSPS) is 11.7. The quantitative estimate of drug-likeness (QED) is 0.456. The number of benzene rings is 2. The van der Waals surface area contributed by atoms with E-state index in [4.69, 9.17) is 9.47 Å². The van der Waals surface area contributed by atoms with Crippen LogP contribution in [0.25, 0.3) is 10.6 Å². The second-order valence-electron chi connectivity index (χ2n) is 6.54.